The third kappa shape index (κ3) is 3.32. The molecule has 1 aromatic rings. The monoisotopic (exact) mass is 280 g/mol. The van der Waals surface area contributed by atoms with E-state index in [0.29, 0.717) is 12.2 Å². The number of nitriles is 1. The third-order valence-electron chi connectivity index (χ3n) is 3.16. The highest BCUT2D eigenvalue weighted by atomic mass is 32.2. The van der Waals surface area contributed by atoms with Crippen LogP contribution in [0.4, 0.5) is 0 Å². The molecule has 19 heavy (non-hydrogen) atoms. The molecule has 0 radical (unpaired) electrons. The number of hydrogen-bond donors (Lipinski definition) is 1. The summed E-state index contributed by atoms with van der Waals surface area (Å²) < 4.78 is 32.4. The summed E-state index contributed by atoms with van der Waals surface area (Å²) in [5.74, 6) is 0. The SMILES string of the molecule is C[C@@H](NS(=O)(=O)c1ccc(C#N)cc1)[C@@H]1CCCO1. The van der Waals surface area contributed by atoms with Crippen LogP contribution in [-0.4, -0.2) is 27.2 Å². The first-order valence-corrected chi connectivity index (χ1v) is 7.65. The molecule has 1 N–H and O–H groups in total. The van der Waals surface area contributed by atoms with E-state index in [-0.39, 0.29) is 17.0 Å². The Labute approximate surface area is 113 Å². The fourth-order valence-corrected chi connectivity index (χ4v) is 3.37. The molecular weight excluding hydrogens is 264 g/mol. The number of sulfonamides is 1. The van der Waals surface area contributed by atoms with Crippen LogP contribution in [0.15, 0.2) is 29.2 Å². The fourth-order valence-electron chi connectivity index (χ4n) is 2.09. The normalized spacial score (nSPS) is 20.9. The van der Waals surface area contributed by atoms with Gasteiger partial charge in [0, 0.05) is 12.6 Å². The molecular formula is C13H16N2O3S. The molecule has 1 heterocycles. The van der Waals surface area contributed by atoms with Gasteiger partial charge in [0.25, 0.3) is 0 Å². The molecule has 2 atom stereocenters. The van der Waals surface area contributed by atoms with E-state index < -0.39 is 10.0 Å². The molecule has 0 spiro atoms. The van der Waals surface area contributed by atoms with Gasteiger partial charge in [-0.3, -0.25) is 0 Å². The number of nitrogens with zero attached hydrogens (tertiary/aromatic N) is 1. The number of ether oxygens (including phenoxy) is 1. The molecule has 1 aromatic carbocycles. The Kier molecular flexibility index (Phi) is 4.20. The number of benzene rings is 1. The van der Waals surface area contributed by atoms with Gasteiger partial charge in [0.1, 0.15) is 0 Å². The van der Waals surface area contributed by atoms with E-state index in [4.69, 9.17) is 10.00 Å². The maximum Gasteiger partial charge on any atom is 0.240 e. The maximum atomic E-state index is 12.1. The van der Waals surface area contributed by atoms with Gasteiger partial charge < -0.3 is 4.74 Å². The zero-order valence-corrected chi connectivity index (χ0v) is 11.5. The lowest BCUT2D eigenvalue weighted by molar-refractivity contribution is 0.0902. The summed E-state index contributed by atoms with van der Waals surface area (Å²) in [7, 11) is -3.56. The Morgan fingerprint density at radius 2 is 2.11 bits per heavy atom. The minimum atomic E-state index is -3.56. The van der Waals surface area contributed by atoms with Gasteiger partial charge in [-0.1, -0.05) is 0 Å². The van der Waals surface area contributed by atoms with Gasteiger partial charge in [0.15, 0.2) is 0 Å². The van der Waals surface area contributed by atoms with Crippen LogP contribution >= 0.6 is 0 Å². The van der Waals surface area contributed by atoms with Crippen molar-refractivity contribution in [3.63, 3.8) is 0 Å². The summed E-state index contributed by atoms with van der Waals surface area (Å²) in [5, 5.41) is 8.69. The summed E-state index contributed by atoms with van der Waals surface area (Å²) in [6.07, 6.45) is 1.78. The van der Waals surface area contributed by atoms with Crippen LogP contribution < -0.4 is 4.72 Å². The second-order valence-electron chi connectivity index (χ2n) is 4.60. The van der Waals surface area contributed by atoms with Crippen molar-refractivity contribution in [3.05, 3.63) is 29.8 Å². The van der Waals surface area contributed by atoms with Gasteiger partial charge >= 0.3 is 0 Å². The second kappa shape index (κ2) is 5.70. The van der Waals surface area contributed by atoms with Gasteiger partial charge in [-0.25, -0.2) is 13.1 Å². The molecule has 5 nitrogen and oxygen atoms in total. The molecule has 0 saturated carbocycles. The third-order valence-corrected chi connectivity index (χ3v) is 4.73. The van der Waals surface area contributed by atoms with Crippen molar-refractivity contribution in [3.8, 4) is 6.07 Å². The van der Waals surface area contributed by atoms with E-state index in [1.807, 2.05) is 6.07 Å². The second-order valence-corrected chi connectivity index (χ2v) is 6.31. The standard InChI is InChI=1S/C13H16N2O3S/c1-10(13-3-2-8-18-13)15-19(16,17)12-6-4-11(9-14)5-7-12/h4-7,10,13,15H,2-3,8H2,1H3/t10-,13+/m1/s1. The lowest BCUT2D eigenvalue weighted by Gasteiger charge is -2.19. The first kappa shape index (κ1) is 14.0. The Hall–Kier alpha value is -1.42. The van der Waals surface area contributed by atoms with Crippen LogP contribution in [0.2, 0.25) is 0 Å². The van der Waals surface area contributed by atoms with Gasteiger partial charge in [0.2, 0.25) is 10.0 Å². The molecule has 0 amide bonds. The lowest BCUT2D eigenvalue weighted by Crippen LogP contribution is -2.40. The quantitative estimate of drug-likeness (QED) is 0.904. The van der Waals surface area contributed by atoms with Gasteiger partial charge in [-0.2, -0.15) is 5.26 Å². The van der Waals surface area contributed by atoms with E-state index in [1.165, 1.54) is 24.3 Å². The van der Waals surface area contributed by atoms with Crippen LogP contribution in [0.3, 0.4) is 0 Å². The van der Waals surface area contributed by atoms with E-state index in [0.717, 1.165) is 12.8 Å². The average Bonchev–Trinajstić information content (AvgIpc) is 2.92. The van der Waals surface area contributed by atoms with Crippen molar-refractivity contribution in [2.45, 2.75) is 36.8 Å². The van der Waals surface area contributed by atoms with Crippen molar-refractivity contribution < 1.29 is 13.2 Å². The Morgan fingerprint density at radius 3 is 2.63 bits per heavy atom. The van der Waals surface area contributed by atoms with Crippen molar-refractivity contribution in [2.24, 2.45) is 0 Å². The first-order valence-electron chi connectivity index (χ1n) is 6.17. The van der Waals surface area contributed by atoms with Crippen LogP contribution in [0.1, 0.15) is 25.3 Å². The minimum absolute atomic E-state index is 0.0619. The molecule has 1 aliphatic heterocycles. The van der Waals surface area contributed by atoms with E-state index in [1.54, 1.807) is 6.92 Å². The largest absolute Gasteiger partial charge is 0.377 e. The van der Waals surface area contributed by atoms with E-state index >= 15 is 0 Å². The summed E-state index contributed by atoms with van der Waals surface area (Å²) in [6, 6.07) is 7.54. The molecule has 0 aromatic heterocycles. The van der Waals surface area contributed by atoms with Crippen molar-refractivity contribution >= 4 is 10.0 Å². The van der Waals surface area contributed by atoms with Crippen LogP contribution in [-0.2, 0) is 14.8 Å². The highest BCUT2D eigenvalue weighted by Gasteiger charge is 2.26. The number of rotatable bonds is 4. The molecule has 0 aliphatic carbocycles. The highest BCUT2D eigenvalue weighted by Crippen LogP contribution is 2.18. The summed E-state index contributed by atoms with van der Waals surface area (Å²) >= 11 is 0. The summed E-state index contributed by atoms with van der Waals surface area (Å²) in [6.45, 7) is 2.49. The molecule has 6 heteroatoms. The van der Waals surface area contributed by atoms with E-state index in [9.17, 15) is 8.42 Å². The van der Waals surface area contributed by atoms with Gasteiger partial charge in [-0.05, 0) is 44.0 Å². The molecule has 1 fully saturated rings. The molecule has 102 valence electrons. The lowest BCUT2D eigenvalue weighted by atomic mass is 10.1. The van der Waals surface area contributed by atoms with Crippen LogP contribution in [0, 0.1) is 11.3 Å². The maximum absolute atomic E-state index is 12.1. The number of nitrogens with one attached hydrogen (secondary N) is 1. The molecule has 1 saturated heterocycles. The van der Waals surface area contributed by atoms with Crippen molar-refractivity contribution in [1.82, 2.24) is 4.72 Å². The summed E-state index contributed by atoms with van der Waals surface area (Å²) in [5.41, 5.74) is 0.436. The average molecular weight is 280 g/mol. The first-order chi connectivity index (χ1) is 9.03. The zero-order chi connectivity index (χ0) is 13.9. The summed E-state index contributed by atoms with van der Waals surface area (Å²) in [4.78, 5) is 0.163. The Balaban J connectivity index is 2.10. The van der Waals surface area contributed by atoms with Crippen molar-refractivity contribution in [1.29, 1.82) is 5.26 Å². The highest BCUT2D eigenvalue weighted by molar-refractivity contribution is 7.89. The van der Waals surface area contributed by atoms with Crippen LogP contribution in [0.25, 0.3) is 0 Å². The van der Waals surface area contributed by atoms with Gasteiger partial charge in [-0.15, -0.1) is 0 Å². The van der Waals surface area contributed by atoms with Crippen molar-refractivity contribution in [2.75, 3.05) is 6.61 Å². The molecule has 1 aliphatic rings. The Morgan fingerprint density at radius 1 is 1.42 bits per heavy atom. The molecule has 0 bridgehead atoms. The number of hydrogen-bond acceptors (Lipinski definition) is 4. The predicted octanol–water partition coefficient (Wildman–Crippen LogP) is 1.40. The van der Waals surface area contributed by atoms with Crippen LogP contribution in [0.5, 0.6) is 0 Å². The fraction of sp³-hybridized carbons (Fsp3) is 0.462. The van der Waals surface area contributed by atoms with E-state index in [2.05, 4.69) is 4.72 Å². The molecule has 2 rings (SSSR count). The molecule has 0 unspecified atom stereocenters. The Bertz CT molecular complexity index is 569. The topological polar surface area (TPSA) is 79.2 Å². The predicted molar refractivity (Wildman–Crippen MR) is 69.9 cm³/mol. The smallest absolute Gasteiger partial charge is 0.240 e. The minimum Gasteiger partial charge on any atom is -0.377 e. The van der Waals surface area contributed by atoms with Gasteiger partial charge in [0.05, 0.1) is 22.6 Å². The zero-order valence-electron chi connectivity index (χ0n) is 10.7.